The Hall–Kier alpha value is -3.00. The number of nitrogens with zero attached hydrogens (tertiary/aromatic N) is 5. The maximum Gasteiger partial charge on any atom is 0.223 e. The molecule has 0 atom stereocenters. The maximum atomic E-state index is 12.9. The SMILES string of the molecule is FC1CC(NC2CN(c3ccc(-n4cc5c(n4)-c4cccnc4OC5)nc3)C2)C1. The second-order valence-electron chi connectivity index (χ2n) is 8.00. The normalized spacial score (nSPS) is 22.9. The van der Waals surface area contributed by atoms with Gasteiger partial charge >= 0.3 is 0 Å². The van der Waals surface area contributed by atoms with Gasteiger partial charge in [0.15, 0.2) is 5.82 Å². The van der Waals surface area contributed by atoms with E-state index >= 15 is 0 Å². The van der Waals surface area contributed by atoms with Crippen LogP contribution in [0.15, 0.2) is 42.9 Å². The highest BCUT2D eigenvalue weighted by Crippen LogP contribution is 2.35. The Morgan fingerprint density at radius 3 is 2.79 bits per heavy atom. The first-order valence-corrected chi connectivity index (χ1v) is 10.0. The van der Waals surface area contributed by atoms with Gasteiger partial charge in [-0.15, -0.1) is 0 Å². The molecular weight excluding hydrogens is 371 g/mol. The van der Waals surface area contributed by atoms with Crippen LogP contribution in [-0.2, 0) is 6.61 Å². The summed E-state index contributed by atoms with van der Waals surface area (Å²) in [7, 11) is 0. The highest BCUT2D eigenvalue weighted by molar-refractivity contribution is 5.69. The molecule has 2 fully saturated rings. The molecular formula is C21H21FN6O. The van der Waals surface area contributed by atoms with E-state index in [0.29, 0.717) is 37.4 Å². The summed E-state index contributed by atoms with van der Waals surface area (Å²) in [4.78, 5) is 11.2. The molecule has 1 saturated carbocycles. The molecule has 1 N–H and O–H groups in total. The molecule has 3 aliphatic rings. The van der Waals surface area contributed by atoms with E-state index in [4.69, 9.17) is 9.84 Å². The first-order chi connectivity index (χ1) is 14.2. The van der Waals surface area contributed by atoms with Crippen molar-refractivity contribution in [1.82, 2.24) is 25.1 Å². The topological polar surface area (TPSA) is 68.1 Å². The molecule has 0 unspecified atom stereocenters. The zero-order valence-electron chi connectivity index (χ0n) is 15.8. The van der Waals surface area contributed by atoms with Crippen LogP contribution in [-0.4, -0.2) is 51.1 Å². The summed E-state index contributed by atoms with van der Waals surface area (Å²) < 4.78 is 20.4. The van der Waals surface area contributed by atoms with Gasteiger partial charge in [-0.25, -0.2) is 19.0 Å². The van der Waals surface area contributed by atoms with E-state index in [1.165, 1.54) is 0 Å². The van der Waals surface area contributed by atoms with Gasteiger partial charge in [0.2, 0.25) is 5.88 Å². The van der Waals surface area contributed by atoms with Gasteiger partial charge < -0.3 is 15.0 Å². The minimum Gasteiger partial charge on any atom is -0.472 e. The Morgan fingerprint density at radius 1 is 1.10 bits per heavy atom. The standard InChI is InChI=1S/C21H21FN6O/c22-14-6-15(7-14)25-16-10-27(11-16)17-3-4-19(24-8-17)28-9-13-12-29-21-18(20(13)26-28)2-1-5-23-21/h1-5,8-9,14-16,25H,6-7,10-12H2. The predicted octanol–water partition coefficient (Wildman–Crippen LogP) is 2.50. The molecule has 7 nitrogen and oxygen atoms in total. The Morgan fingerprint density at radius 2 is 2.00 bits per heavy atom. The molecule has 1 aliphatic carbocycles. The number of halogens is 1. The lowest BCUT2D eigenvalue weighted by Crippen LogP contribution is -2.62. The minimum absolute atomic E-state index is 0.354. The van der Waals surface area contributed by atoms with Crippen molar-refractivity contribution in [2.45, 2.75) is 37.7 Å². The predicted molar refractivity (Wildman–Crippen MR) is 106 cm³/mol. The third-order valence-electron chi connectivity index (χ3n) is 5.95. The van der Waals surface area contributed by atoms with Gasteiger partial charge in [0, 0.05) is 43.1 Å². The lowest BCUT2D eigenvalue weighted by atomic mass is 9.89. The average molecular weight is 392 g/mol. The first kappa shape index (κ1) is 16.9. The van der Waals surface area contributed by atoms with E-state index in [1.54, 1.807) is 10.9 Å². The minimum atomic E-state index is -0.607. The molecule has 0 radical (unpaired) electrons. The van der Waals surface area contributed by atoms with E-state index in [1.807, 2.05) is 30.6 Å². The smallest absolute Gasteiger partial charge is 0.223 e. The van der Waals surface area contributed by atoms with E-state index in [2.05, 4.69) is 26.3 Å². The fraction of sp³-hybridized carbons (Fsp3) is 0.381. The average Bonchev–Trinajstić information content (AvgIpc) is 3.14. The molecule has 8 heteroatoms. The summed E-state index contributed by atoms with van der Waals surface area (Å²) in [6, 6.07) is 8.72. The fourth-order valence-electron chi connectivity index (χ4n) is 4.21. The zero-order chi connectivity index (χ0) is 19.4. The molecule has 0 aromatic carbocycles. The van der Waals surface area contributed by atoms with E-state index in [0.717, 1.165) is 41.4 Å². The summed E-state index contributed by atoms with van der Waals surface area (Å²) in [6.07, 6.45) is 6.29. The fourth-order valence-corrected chi connectivity index (χ4v) is 4.21. The number of nitrogens with one attached hydrogen (secondary N) is 1. The summed E-state index contributed by atoms with van der Waals surface area (Å²) in [5.41, 5.74) is 3.93. The molecule has 6 rings (SSSR count). The number of rotatable bonds is 4. The van der Waals surface area contributed by atoms with Gasteiger partial charge in [0.1, 0.15) is 18.5 Å². The number of pyridine rings is 2. The summed E-state index contributed by atoms with van der Waals surface area (Å²) >= 11 is 0. The Labute approximate surface area is 167 Å². The second-order valence-corrected chi connectivity index (χ2v) is 8.00. The number of fused-ring (bicyclic) bond motifs is 3. The van der Waals surface area contributed by atoms with Crippen LogP contribution in [0.4, 0.5) is 10.1 Å². The van der Waals surface area contributed by atoms with Crippen LogP contribution < -0.4 is 15.0 Å². The Kier molecular flexibility index (Phi) is 3.80. The molecule has 0 bridgehead atoms. The Balaban J connectivity index is 1.15. The van der Waals surface area contributed by atoms with Gasteiger partial charge in [0.25, 0.3) is 0 Å². The van der Waals surface area contributed by atoms with Crippen LogP contribution in [0.25, 0.3) is 17.1 Å². The highest BCUT2D eigenvalue weighted by Gasteiger charge is 2.34. The van der Waals surface area contributed by atoms with Crippen molar-refractivity contribution >= 4 is 5.69 Å². The van der Waals surface area contributed by atoms with Gasteiger partial charge in [-0.3, -0.25) is 0 Å². The molecule has 0 amide bonds. The first-order valence-electron chi connectivity index (χ1n) is 10.0. The zero-order valence-corrected chi connectivity index (χ0v) is 15.8. The quantitative estimate of drug-likeness (QED) is 0.736. The van der Waals surface area contributed by atoms with E-state index in [-0.39, 0.29) is 0 Å². The van der Waals surface area contributed by atoms with Crippen LogP contribution in [0.3, 0.4) is 0 Å². The molecule has 0 spiro atoms. The number of hydrogen-bond donors (Lipinski definition) is 1. The molecule has 1 saturated heterocycles. The number of alkyl halides is 1. The van der Waals surface area contributed by atoms with Crippen LogP contribution in [0.5, 0.6) is 5.88 Å². The number of ether oxygens (including phenoxy) is 1. The summed E-state index contributed by atoms with van der Waals surface area (Å²) in [6.45, 7) is 2.33. The molecule has 148 valence electrons. The summed E-state index contributed by atoms with van der Waals surface area (Å²) in [5, 5.41) is 8.24. The molecule has 2 aliphatic heterocycles. The summed E-state index contributed by atoms with van der Waals surface area (Å²) in [5.74, 6) is 1.39. The van der Waals surface area contributed by atoms with Crippen LogP contribution >= 0.6 is 0 Å². The van der Waals surface area contributed by atoms with Crippen molar-refractivity contribution in [1.29, 1.82) is 0 Å². The van der Waals surface area contributed by atoms with Crippen molar-refractivity contribution < 1.29 is 9.13 Å². The number of anilines is 1. The van der Waals surface area contributed by atoms with E-state index in [9.17, 15) is 4.39 Å². The number of hydrogen-bond acceptors (Lipinski definition) is 6. The molecule has 3 aromatic heterocycles. The third kappa shape index (κ3) is 2.95. The largest absolute Gasteiger partial charge is 0.472 e. The number of aromatic nitrogens is 4. The van der Waals surface area contributed by atoms with Crippen molar-refractivity contribution in [2.24, 2.45) is 0 Å². The van der Waals surface area contributed by atoms with Crippen molar-refractivity contribution in [2.75, 3.05) is 18.0 Å². The van der Waals surface area contributed by atoms with Gasteiger partial charge in [0.05, 0.1) is 17.4 Å². The monoisotopic (exact) mass is 392 g/mol. The van der Waals surface area contributed by atoms with Crippen LogP contribution in [0, 0.1) is 0 Å². The third-order valence-corrected chi connectivity index (χ3v) is 5.95. The maximum absolute atomic E-state index is 12.9. The lowest BCUT2D eigenvalue weighted by molar-refractivity contribution is 0.141. The van der Waals surface area contributed by atoms with Crippen LogP contribution in [0.1, 0.15) is 18.4 Å². The van der Waals surface area contributed by atoms with Gasteiger partial charge in [-0.2, -0.15) is 5.10 Å². The molecule has 29 heavy (non-hydrogen) atoms. The second kappa shape index (κ2) is 6.52. The van der Waals surface area contributed by atoms with Crippen LogP contribution in [0.2, 0.25) is 0 Å². The molecule has 3 aromatic rings. The van der Waals surface area contributed by atoms with Gasteiger partial charge in [-0.05, 0) is 37.1 Å². The van der Waals surface area contributed by atoms with Crippen molar-refractivity contribution in [3.05, 3.63) is 48.4 Å². The van der Waals surface area contributed by atoms with Crippen molar-refractivity contribution in [3.63, 3.8) is 0 Å². The van der Waals surface area contributed by atoms with Crippen molar-refractivity contribution in [3.8, 4) is 23.0 Å². The molecule has 5 heterocycles. The van der Waals surface area contributed by atoms with E-state index < -0.39 is 6.17 Å². The Bertz CT molecular complexity index is 1040. The van der Waals surface area contributed by atoms with Gasteiger partial charge in [-0.1, -0.05) is 0 Å². The lowest BCUT2D eigenvalue weighted by Gasteiger charge is -2.45. The highest BCUT2D eigenvalue weighted by atomic mass is 19.1.